The normalized spacial score (nSPS) is 44.7. The van der Waals surface area contributed by atoms with Gasteiger partial charge in [0.05, 0.1) is 12.0 Å². The number of carbonyl (C=O) groups excluding carboxylic acids is 3. The molecule has 0 aromatic rings. The van der Waals surface area contributed by atoms with Crippen LogP contribution in [0, 0.1) is 5.92 Å². The Bertz CT molecular complexity index is 837. The Morgan fingerprint density at radius 3 is 2.63 bits per heavy atom. The molecule has 0 unspecified atom stereocenters. The lowest BCUT2D eigenvalue weighted by molar-refractivity contribution is -0.156. The fraction of sp³-hybridized carbons (Fsp3) is 0.550. The van der Waals surface area contributed by atoms with E-state index in [1.165, 1.54) is 6.08 Å². The van der Waals surface area contributed by atoms with Crippen LogP contribution in [0.4, 0.5) is 0 Å². The highest BCUT2D eigenvalue weighted by atomic mass is 16.7. The van der Waals surface area contributed by atoms with Crippen molar-refractivity contribution in [2.75, 3.05) is 0 Å². The van der Waals surface area contributed by atoms with Crippen LogP contribution in [0.25, 0.3) is 0 Å². The first-order valence-corrected chi connectivity index (χ1v) is 8.98. The van der Waals surface area contributed by atoms with Gasteiger partial charge in [0, 0.05) is 18.1 Å². The van der Waals surface area contributed by atoms with Gasteiger partial charge in [-0.3, -0.25) is 4.79 Å². The first-order chi connectivity index (χ1) is 12.5. The Balaban J connectivity index is 1.73. The molecule has 0 spiro atoms. The van der Waals surface area contributed by atoms with E-state index >= 15 is 0 Å². The molecule has 6 atom stereocenters. The van der Waals surface area contributed by atoms with Crippen molar-refractivity contribution < 1.29 is 33.3 Å². The van der Waals surface area contributed by atoms with Crippen LogP contribution in [0.15, 0.2) is 35.6 Å². The van der Waals surface area contributed by atoms with Gasteiger partial charge in [-0.25, -0.2) is 9.59 Å². The van der Waals surface area contributed by atoms with Crippen LogP contribution in [0.5, 0.6) is 0 Å². The molecule has 27 heavy (non-hydrogen) atoms. The predicted octanol–water partition coefficient (Wildman–Crippen LogP) is 1.77. The van der Waals surface area contributed by atoms with Crippen molar-refractivity contribution in [3.63, 3.8) is 0 Å². The minimum atomic E-state index is -1.13. The smallest absolute Gasteiger partial charge is 0.341 e. The van der Waals surface area contributed by atoms with Crippen LogP contribution in [-0.2, 0) is 33.3 Å². The molecule has 4 aliphatic rings. The summed E-state index contributed by atoms with van der Waals surface area (Å²) >= 11 is 0. The fourth-order valence-electron chi connectivity index (χ4n) is 3.87. The predicted molar refractivity (Wildman–Crippen MR) is 92.3 cm³/mol. The van der Waals surface area contributed by atoms with Gasteiger partial charge >= 0.3 is 11.9 Å². The summed E-state index contributed by atoms with van der Waals surface area (Å²) in [4.78, 5) is 37.2. The van der Waals surface area contributed by atoms with Crippen molar-refractivity contribution in [1.29, 1.82) is 0 Å². The zero-order valence-corrected chi connectivity index (χ0v) is 15.7. The zero-order chi connectivity index (χ0) is 19.7. The molecule has 4 rings (SSSR count). The highest BCUT2D eigenvalue weighted by Crippen LogP contribution is 2.44. The van der Waals surface area contributed by atoms with Gasteiger partial charge < -0.3 is 18.9 Å². The topological polar surface area (TPSA) is 91.4 Å². The summed E-state index contributed by atoms with van der Waals surface area (Å²) in [5.41, 5.74) is -1.25. The summed E-state index contributed by atoms with van der Waals surface area (Å²) in [5, 5.41) is 0. The molecule has 2 saturated heterocycles. The number of hydrogen-bond acceptors (Lipinski definition) is 7. The number of fused-ring (bicyclic) bond motifs is 3. The Morgan fingerprint density at radius 1 is 1.33 bits per heavy atom. The molecule has 0 radical (unpaired) electrons. The van der Waals surface area contributed by atoms with Gasteiger partial charge in [0.1, 0.15) is 18.0 Å². The number of epoxide rings is 1. The van der Waals surface area contributed by atoms with E-state index in [0.717, 1.165) is 0 Å². The maximum atomic E-state index is 12.6. The molecule has 144 valence electrons. The third kappa shape index (κ3) is 2.64. The summed E-state index contributed by atoms with van der Waals surface area (Å²) in [7, 11) is 0. The minimum absolute atomic E-state index is 0.153. The SMILES string of the molecule is C=C1C(=O)O[C@H]2C[C@@]3(C)OC(=CC3=O)/C(C)=C\[C@H](OC(=O)[C@@]3(C)O[C@H]3C)[C@H]12. The van der Waals surface area contributed by atoms with E-state index in [0.29, 0.717) is 11.3 Å². The molecule has 7 nitrogen and oxygen atoms in total. The lowest BCUT2D eigenvalue weighted by atomic mass is 9.83. The molecular formula is C20H22O7. The monoisotopic (exact) mass is 374 g/mol. The van der Waals surface area contributed by atoms with Gasteiger partial charge in [0.2, 0.25) is 5.78 Å². The molecule has 0 N–H and O–H groups in total. The molecule has 4 heterocycles. The van der Waals surface area contributed by atoms with E-state index in [9.17, 15) is 14.4 Å². The maximum absolute atomic E-state index is 12.6. The Hall–Kier alpha value is -2.41. The van der Waals surface area contributed by atoms with Crippen molar-refractivity contribution >= 4 is 17.7 Å². The molecule has 4 aliphatic heterocycles. The molecular weight excluding hydrogens is 352 g/mol. The third-order valence-electron chi connectivity index (χ3n) is 5.98. The van der Waals surface area contributed by atoms with Crippen molar-refractivity contribution in [2.24, 2.45) is 5.92 Å². The van der Waals surface area contributed by atoms with Gasteiger partial charge in [0.15, 0.2) is 11.2 Å². The number of ketones is 1. The molecule has 0 saturated carbocycles. The number of hydrogen-bond donors (Lipinski definition) is 0. The van der Waals surface area contributed by atoms with Crippen LogP contribution in [0.1, 0.15) is 34.1 Å². The van der Waals surface area contributed by atoms with E-state index in [4.69, 9.17) is 18.9 Å². The van der Waals surface area contributed by atoms with E-state index in [1.54, 1.807) is 33.8 Å². The maximum Gasteiger partial charge on any atom is 0.341 e. The highest BCUT2D eigenvalue weighted by Gasteiger charge is 2.59. The second-order valence-corrected chi connectivity index (χ2v) is 7.99. The van der Waals surface area contributed by atoms with Crippen molar-refractivity contribution in [3.8, 4) is 0 Å². The molecule has 0 aliphatic carbocycles. The van der Waals surface area contributed by atoms with Gasteiger partial charge in [0.25, 0.3) is 0 Å². The third-order valence-corrected chi connectivity index (χ3v) is 5.98. The summed E-state index contributed by atoms with van der Waals surface area (Å²) in [6.07, 6.45) is 1.58. The second kappa shape index (κ2) is 5.55. The van der Waals surface area contributed by atoms with Gasteiger partial charge in [-0.05, 0) is 39.3 Å². The summed E-state index contributed by atoms with van der Waals surface area (Å²) in [6.45, 7) is 10.7. The number of esters is 2. The average molecular weight is 374 g/mol. The Morgan fingerprint density at radius 2 is 2.00 bits per heavy atom. The molecule has 0 aromatic heterocycles. The Kier molecular flexibility index (Phi) is 3.69. The van der Waals surface area contributed by atoms with Crippen LogP contribution < -0.4 is 0 Å². The van der Waals surface area contributed by atoms with Crippen LogP contribution in [0.2, 0.25) is 0 Å². The van der Waals surface area contributed by atoms with Gasteiger partial charge in [-0.1, -0.05) is 6.58 Å². The average Bonchev–Trinajstić information content (AvgIpc) is 2.94. The number of allylic oxidation sites excluding steroid dienone is 1. The van der Waals surface area contributed by atoms with E-state index in [-0.39, 0.29) is 23.9 Å². The standard InChI is InChI=1S/C20H22O7/c1-9-6-13(25-18(23)20(5)11(3)26-20)16-10(2)17(22)24-14(16)8-19(4)15(21)7-12(9)27-19/h6-7,11,13-14,16H,2,8H2,1,3-5H3/b9-6-/t11-,13-,14-,16-,19+,20-/m0/s1. The first-order valence-electron chi connectivity index (χ1n) is 8.98. The largest absolute Gasteiger partial charge is 0.479 e. The molecule has 0 aromatic carbocycles. The quantitative estimate of drug-likeness (QED) is 0.413. The number of ether oxygens (including phenoxy) is 4. The fourth-order valence-corrected chi connectivity index (χ4v) is 3.87. The molecule has 2 bridgehead atoms. The first kappa shape index (κ1) is 18.0. The van der Waals surface area contributed by atoms with Crippen LogP contribution in [0.3, 0.4) is 0 Å². The summed E-state index contributed by atoms with van der Waals surface area (Å²) in [6, 6.07) is 0. The number of rotatable bonds is 2. The van der Waals surface area contributed by atoms with Crippen molar-refractivity contribution in [1.82, 2.24) is 0 Å². The van der Waals surface area contributed by atoms with E-state index in [2.05, 4.69) is 6.58 Å². The van der Waals surface area contributed by atoms with Crippen LogP contribution in [-0.4, -0.2) is 47.2 Å². The molecule has 2 fully saturated rings. The Labute approximate surface area is 157 Å². The minimum Gasteiger partial charge on any atom is -0.479 e. The highest BCUT2D eigenvalue weighted by molar-refractivity contribution is 6.00. The lowest BCUT2D eigenvalue weighted by Crippen LogP contribution is -2.42. The zero-order valence-electron chi connectivity index (χ0n) is 15.7. The number of carbonyl (C=O) groups is 3. The lowest BCUT2D eigenvalue weighted by Gasteiger charge is -2.29. The van der Waals surface area contributed by atoms with E-state index < -0.39 is 41.3 Å². The molecule has 7 heteroatoms. The second-order valence-electron chi connectivity index (χ2n) is 7.99. The van der Waals surface area contributed by atoms with Crippen molar-refractivity contribution in [3.05, 3.63) is 35.6 Å². The summed E-state index contributed by atoms with van der Waals surface area (Å²) < 4.78 is 22.4. The molecule has 0 amide bonds. The van der Waals surface area contributed by atoms with Crippen molar-refractivity contribution in [2.45, 2.75) is 63.6 Å². The van der Waals surface area contributed by atoms with Gasteiger partial charge in [-0.2, -0.15) is 0 Å². The van der Waals surface area contributed by atoms with E-state index in [1.807, 2.05) is 0 Å². The van der Waals surface area contributed by atoms with Gasteiger partial charge in [-0.15, -0.1) is 0 Å². The summed E-state index contributed by atoms with van der Waals surface area (Å²) in [5.74, 6) is -1.40. The van der Waals surface area contributed by atoms with Crippen LogP contribution >= 0.6 is 0 Å².